The third-order valence-electron chi connectivity index (χ3n) is 6.76. The quantitative estimate of drug-likeness (QED) is 0.158. The second-order valence-electron chi connectivity index (χ2n) is 10.4. The zero-order valence-electron chi connectivity index (χ0n) is 24.2. The average Bonchev–Trinajstić information content (AvgIpc) is 3.00. The van der Waals surface area contributed by atoms with Gasteiger partial charge in [-0.25, -0.2) is 8.42 Å². The van der Waals surface area contributed by atoms with E-state index in [-0.39, 0.29) is 29.8 Å². The van der Waals surface area contributed by atoms with Crippen molar-refractivity contribution in [1.29, 1.82) is 0 Å². The molecule has 0 bridgehead atoms. The summed E-state index contributed by atoms with van der Waals surface area (Å²) in [6, 6.07) is 28.0. The number of amides is 2. The molecule has 0 aliphatic carbocycles. The second-order valence-corrected chi connectivity index (χ2v) is 14.4. The molecule has 44 heavy (non-hydrogen) atoms. The highest BCUT2D eigenvalue weighted by Crippen LogP contribution is 2.27. The number of hydrogen-bond acceptors (Lipinski definition) is 4. The van der Waals surface area contributed by atoms with E-state index in [4.69, 9.17) is 23.2 Å². The minimum atomic E-state index is -4.16. The summed E-state index contributed by atoms with van der Waals surface area (Å²) >= 11 is 14.6. The van der Waals surface area contributed by atoms with Crippen LogP contribution in [-0.2, 0) is 32.6 Å². The van der Waals surface area contributed by atoms with Crippen LogP contribution in [0.25, 0.3) is 0 Å². The van der Waals surface area contributed by atoms with E-state index in [1.807, 2.05) is 44.2 Å². The molecule has 0 aliphatic rings. The van der Waals surface area contributed by atoms with Crippen molar-refractivity contribution < 1.29 is 18.0 Å². The first-order chi connectivity index (χ1) is 21.0. The zero-order valence-corrected chi connectivity index (χ0v) is 28.6. The molecule has 2 amide bonds. The van der Waals surface area contributed by atoms with Gasteiger partial charge in [-0.15, -0.1) is 0 Å². The van der Waals surface area contributed by atoms with Crippen molar-refractivity contribution in [1.82, 2.24) is 10.2 Å². The summed E-state index contributed by atoms with van der Waals surface area (Å²) in [5, 5.41) is 3.59. The van der Waals surface area contributed by atoms with Crippen molar-refractivity contribution in [3.8, 4) is 0 Å². The Labute approximate surface area is 282 Å². The van der Waals surface area contributed by atoms with E-state index in [2.05, 4.69) is 27.9 Å². The number of anilines is 1. The molecule has 4 aromatic rings. The van der Waals surface area contributed by atoms with Crippen molar-refractivity contribution >= 4 is 73.3 Å². The van der Waals surface area contributed by atoms with E-state index in [9.17, 15) is 18.0 Å². The van der Waals surface area contributed by atoms with Crippen LogP contribution < -0.4 is 9.62 Å². The van der Waals surface area contributed by atoms with E-state index < -0.39 is 28.5 Å². The van der Waals surface area contributed by atoms with Gasteiger partial charge in [-0.2, -0.15) is 0 Å². The minimum absolute atomic E-state index is 0.00928. The Bertz CT molecular complexity index is 1690. The highest BCUT2D eigenvalue weighted by atomic mass is 127. The first kappa shape index (κ1) is 33.8. The van der Waals surface area contributed by atoms with Crippen LogP contribution >= 0.6 is 45.8 Å². The lowest BCUT2D eigenvalue weighted by atomic mass is 10.0. The number of benzene rings is 4. The minimum Gasteiger partial charge on any atom is -0.352 e. The lowest BCUT2D eigenvalue weighted by molar-refractivity contribution is -0.140. The predicted molar refractivity (Wildman–Crippen MR) is 184 cm³/mol. The Hall–Kier alpha value is -3.12. The highest BCUT2D eigenvalue weighted by molar-refractivity contribution is 14.1. The fourth-order valence-corrected chi connectivity index (χ4v) is 6.74. The highest BCUT2D eigenvalue weighted by Gasteiger charge is 2.34. The summed E-state index contributed by atoms with van der Waals surface area (Å²) in [6.07, 6.45) is 0.210. The van der Waals surface area contributed by atoms with E-state index in [0.717, 1.165) is 13.4 Å². The summed E-state index contributed by atoms with van der Waals surface area (Å²) in [6.45, 7) is 3.13. The third-order valence-corrected chi connectivity index (χ3v) is 10.0. The number of sulfonamides is 1. The Kier molecular flexibility index (Phi) is 11.7. The number of hydrogen-bond donors (Lipinski definition) is 1. The van der Waals surface area contributed by atoms with Crippen molar-refractivity contribution in [2.75, 3.05) is 10.8 Å². The molecule has 1 atom stereocenters. The first-order valence-corrected chi connectivity index (χ1v) is 17.1. The molecule has 0 fully saturated rings. The molecule has 0 radical (unpaired) electrons. The molecule has 4 aromatic carbocycles. The topological polar surface area (TPSA) is 86.8 Å². The lowest BCUT2D eigenvalue weighted by Gasteiger charge is -2.34. The molecule has 230 valence electrons. The molecule has 11 heteroatoms. The van der Waals surface area contributed by atoms with Gasteiger partial charge < -0.3 is 10.2 Å². The summed E-state index contributed by atoms with van der Waals surface area (Å²) in [4.78, 5) is 29.6. The summed E-state index contributed by atoms with van der Waals surface area (Å²) in [5.74, 6) is -0.919. The molecule has 7 nitrogen and oxygen atoms in total. The van der Waals surface area contributed by atoms with Gasteiger partial charge in [-0.05, 0) is 96.1 Å². The lowest BCUT2D eigenvalue weighted by Crippen LogP contribution is -2.54. The van der Waals surface area contributed by atoms with Gasteiger partial charge in [0.25, 0.3) is 10.0 Å². The van der Waals surface area contributed by atoms with E-state index in [1.165, 1.54) is 17.0 Å². The van der Waals surface area contributed by atoms with Gasteiger partial charge in [0, 0.05) is 22.6 Å². The number of nitrogens with zero attached hydrogens (tertiary/aromatic N) is 2. The number of halogens is 3. The maximum absolute atomic E-state index is 14.4. The Morgan fingerprint density at radius 3 is 2.02 bits per heavy atom. The fraction of sp³-hybridized carbons (Fsp3) is 0.212. The van der Waals surface area contributed by atoms with E-state index in [1.54, 1.807) is 60.7 Å². The van der Waals surface area contributed by atoms with Crippen molar-refractivity contribution in [2.45, 2.75) is 43.8 Å². The fourth-order valence-electron chi connectivity index (χ4n) is 4.63. The molecule has 0 spiro atoms. The van der Waals surface area contributed by atoms with Gasteiger partial charge in [0.2, 0.25) is 11.8 Å². The molecular weight excluding hydrogens is 732 g/mol. The Morgan fingerprint density at radius 1 is 0.818 bits per heavy atom. The van der Waals surface area contributed by atoms with Gasteiger partial charge in [0.15, 0.2) is 0 Å². The Balaban J connectivity index is 1.81. The van der Waals surface area contributed by atoms with Gasteiger partial charge >= 0.3 is 0 Å². The van der Waals surface area contributed by atoms with Crippen LogP contribution in [0.15, 0.2) is 108 Å². The van der Waals surface area contributed by atoms with Crippen LogP contribution in [0.3, 0.4) is 0 Å². The second kappa shape index (κ2) is 15.2. The number of carbonyl (C=O) groups is 2. The van der Waals surface area contributed by atoms with Crippen molar-refractivity contribution in [3.63, 3.8) is 0 Å². The SMILES string of the molecule is CC(C)NC(=O)C(Cc1ccccc1)N(Cc1ccc(Cl)c(Cl)c1)C(=O)CN(c1ccc(I)cc1)S(=O)(=O)c1ccccc1. The summed E-state index contributed by atoms with van der Waals surface area (Å²) in [5.41, 5.74) is 1.80. The molecule has 0 aromatic heterocycles. The van der Waals surface area contributed by atoms with Crippen LogP contribution in [0.2, 0.25) is 10.0 Å². The molecule has 1 N–H and O–H groups in total. The van der Waals surface area contributed by atoms with Gasteiger partial charge in [0.1, 0.15) is 12.6 Å². The van der Waals surface area contributed by atoms with E-state index >= 15 is 0 Å². The van der Waals surface area contributed by atoms with Crippen LogP contribution in [-0.4, -0.2) is 43.8 Å². The van der Waals surface area contributed by atoms with Crippen LogP contribution in [0.1, 0.15) is 25.0 Å². The van der Waals surface area contributed by atoms with Gasteiger partial charge in [-0.3, -0.25) is 13.9 Å². The Morgan fingerprint density at radius 2 is 1.43 bits per heavy atom. The molecule has 0 aliphatic heterocycles. The largest absolute Gasteiger partial charge is 0.352 e. The predicted octanol–water partition coefficient (Wildman–Crippen LogP) is 6.96. The van der Waals surface area contributed by atoms with E-state index in [0.29, 0.717) is 21.3 Å². The molecule has 0 saturated carbocycles. The number of rotatable bonds is 12. The number of nitrogens with one attached hydrogen (secondary N) is 1. The van der Waals surface area contributed by atoms with Crippen LogP contribution in [0.4, 0.5) is 5.69 Å². The molecular formula is C33H32Cl2IN3O4S. The average molecular weight is 765 g/mol. The normalized spacial score (nSPS) is 12.0. The summed E-state index contributed by atoms with van der Waals surface area (Å²) in [7, 11) is -4.16. The first-order valence-electron chi connectivity index (χ1n) is 13.9. The van der Waals surface area contributed by atoms with Gasteiger partial charge in [0.05, 0.1) is 20.6 Å². The molecule has 1 unspecified atom stereocenters. The summed E-state index contributed by atoms with van der Waals surface area (Å²) < 4.78 is 30.0. The molecule has 0 heterocycles. The maximum atomic E-state index is 14.4. The smallest absolute Gasteiger partial charge is 0.264 e. The monoisotopic (exact) mass is 763 g/mol. The van der Waals surface area contributed by atoms with Gasteiger partial charge in [-0.1, -0.05) is 77.8 Å². The van der Waals surface area contributed by atoms with Crippen molar-refractivity contribution in [2.24, 2.45) is 0 Å². The van der Waals surface area contributed by atoms with Crippen LogP contribution in [0.5, 0.6) is 0 Å². The molecule has 4 rings (SSSR count). The molecule has 0 saturated heterocycles. The number of carbonyl (C=O) groups excluding carboxylic acids is 2. The van der Waals surface area contributed by atoms with Crippen LogP contribution in [0, 0.1) is 3.57 Å². The standard InChI is InChI=1S/C33H32Cl2IN3O4S/c1-23(2)37-33(41)31(20-24-9-5-3-6-10-24)38(21-25-13-18-29(34)30(35)19-25)32(40)22-39(27-16-14-26(36)15-17-27)44(42,43)28-11-7-4-8-12-28/h3-19,23,31H,20-22H2,1-2H3,(H,37,41). The zero-order chi connectivity index (χ0) is 31.9. The third kappa shape index (κ3) is 8.74. The maximum Gasteiger partial charge on any atom is 0.264 e. The van der Waals surface area contributed by atoms with Crippen molar-refractivity contribution in [3.05, 3.63) is 128 Å².